The van der Waals surface area contributed by atoms with Gasteiger partial charge in [0.25, 0.3) is 0 Å². The Morgan fingerprint density at radius 2 is 1.68 bits per heavy atom. The van der Waals surface area contributed by atoms with Gasteiger partial charge in [0.1, 0.15) is 11.5 Å². The lowest BCUT2D eigenvalue weighted by Crippen LogP contribution is -2.25. The molecule has 0 aliphatic carbocycles. The van der Waals surface area contributed by atoms with Crippen molar-refractivity contribution in [1.29, 1.82) is 0 Å². The van der Waals surface area contributed by atoms with E-state index in [0.717, 1.165) is 37.2 Å². The second kappa shape index (κ2) is 12.6. The lowest BCUT2D eigenvalue weighted by Gasteiger charge is -2.06. The minimum atomic E-state index is -0.0296. The molecule has 2 aromatic carbocycles. The molecule has 2 aromatic rings. The Balaban J connectivity index is 1.60. The smallest absolute Gasteiger partial charge is 0.243 e. The molecule has 3 nitrogen and oxygen atoms in total. The van der Waals surface area contributed by atoms with Crippen LogP contribution in [-0.2, 0) is 11.2 Å². The lowest BCUT2D eigenvalue weighted by molar-refractivity contribution is -0.116. The van der Waals surface area contributed by atoms with E-state index >= 15 is 0 Å². The van der Waals surface area contributed by atoms with Crippen molar-refractivity contribution in [1.82, 2.24) is 5.32 Å². The van der Waals surface area contributed by atoms with Crippen molar-refractivity contribution in [3.05, 3.63) is 84.5 Å². The summed E-state index contributed by atoms with van der Waals surface area (Å²) in [4.78, 5) is 11.5. The number of aryl methyl sites for hydroxylation is 1. The third-order valence-corrected chi connectivity index (χ3v) is 4.17. The van der Waals surface area contributed by atoms with E-state index in [0.29, 0.717) is 12.5 Å². The van der Waals surface area contributed by atoms with Crippen LogP contribution >= 0.6 is 0 Å². The molecule has 0 fully saturated rings. The first-order valence-corrected chi connectivity index (χ1v) is 10.1. The van der Waals surface area contributed by atoms with Gasteiger partial charge < -0.3 is 10.1 Å². The Morgan fingerprint density at radius 1 is 0.964 bits per heavy atom. The van der Waals surface area contributed by atoms with Gasteiger partial charge in [-0.15, -0.1) is 0 Å². The summed E-state index contributed by atoms with van der Waals surface area (Å²) < 4.78 is 5.81. The van der Waals surface area contributed by atoms with E-state index in [1.807, 2.05) is 48.5 Å². The fraction of sp³-hybridized carbons (Fsp3) is 0.320. The molecule has 0 atom stereocenters. The van der Waals surface area contributed by atoms with Gasteiger partial charge in [0.05, 0.1) is 0 Å². The monoisotopic (exact) mass is 377 g/mol. The van der Waals surface area contributed by atoms with Gasteiger partial charge in [-0.3, -0.25) is 4.79 Å². The molecule has 3 heteroatoms. The van der Waals surface area contributed by atoms with E-state index < -0.39 is 0 Å². The predicted octanol–water partition coefficient (Wildman–Crippen LogP) is 6.08. The van der Waals surface area contributed by atoms with Gasteiger partial charge >= 0.3 is 0 Å². The van der Waals surface area contributed by atoms with E-state index in [4.69, 9.17) is 4.74 Å². The molecule has 148 valence electrons. The van der Waals surface area contributed by atoms with Crippen LogP contribution in [0.15, 0.2) is 78.9 Å². The molecular weight excluding hydrogens is 346 g/mol. The van der Waals surface area contributed by atoms with Crippen molar-refractivity contribution in [2.45, 2.75) is 39.5 Å². The number of benzene rings is 2. The molecule has 0 saturated heterocycles. The van der Waals surface area contributed by atoms with E-state index in [1.54, 1.807) is 12.2 Å². The number of carbonyl (C=O) groups excluding carboxylic acids is 1. The van der Waals surface area contributed by atoms with Crippen molar-refractivity contribution < 1.29 is 9.53 Å². The van der Waals surface area contributed by atoms with E-state index in [2.05, 4.69) is 37.4 Å². The number of unbranched alkanes of at least 4 members (excludes halogenated alkanes) is 2. The summed E-state index contributed by atoms with van der Waals surface area (Å²) in [5.74, 6) is 2.16. The summed E-state index contributed by atoms with van der Waals surface area (Å²) in [5.41, 5.74) is 1.33. The maximum absolute atomic E-state index is 11.5. The SMILES string of the molecule is CC(C)CNC(=O)/C=C/C=C/CCCCc1ccc(Oc2ccccc2)cc1. The van der Waals surface area contributed by atoms with Crippen molar-refractivity contribution in [3.8, 4) is 11.5 Å². The number of amides is 1. The number of para-hydroxylation sites is 1. The fourth-order valence-corrected chi connectivity index (χ4v) is 2.62. The zero-order valence-corrected chi connectivity index (χ0v) is 16.9. The number of ether oxygens (including phenoxy) is 1. The molecule has 0 aliphatic heterocycles. The molecule has 28 heavy (non-hydrogen) atoms. The number of allylic oxidation sites excluding steroid dienone is 3. The van der Waals surface area contributed by atoms with Crippen LogP contribution in [0.4, 0.5) is 0 Å². The first-order valence-electron chi connectivity index (χ1n) is 10.1. The van der Waals surface area contributed by atoms with Crippen molar-refractivity contribution in [3.63, 3.8) is 0 Å². The Kier molecular flexibility index (Phi) is 9.64. The molecule has 2 rings (SSSR count). The highest BCUT2D eigenvalue weighted by atomic mass is 16.5. The first-order chi connectivity index (χ1) is 13.6. The van der Waals surface area contributed by atoms with Gasteiger partial charge in [-0.1, -0.05) is 62.4 Å². The summed E-state index contributed by atoms with van der Waals surface area (Å²) in [5, 5.41) is 2.86. The zero-order chi connectivity index (χ0) is 20.0. The fourth-order valence-electron chi connectivity index (χ4n) is 2.62. The van der Waals surface area contributed by atoms with Crippen LogP contribution in [0.1, 0.15) is 38.7 Å². The Bertz CT molecular complexity index is 746. The van der Waals surface area contributed by atoms with Gasteiger partial charge in [0.2, 0.25) is 5.91 Å². The number of rotatable bonds is 11. The topological polar surface area (TPSA) is 38.3 Å². The molecule has 0 saturated carbocycles. The van der Waals surface area contributed by atoms with Gasteiger partial charge in [0.15, 0.2) is 0 Å². The summed E-state index contributed by atoms with van der Waals surface area (Å²) in [7, 11) is 0. The molecule has 1 N–H and O–H groups in total. The summed E-state index contributed by atoms with van der Waals surface area (Å²) in [6, 6.07) is 18.1. The highest BCUT2D eigenvalue weighted by molar-refractivity contribution is 5.87. The second-order valence-corrected chi connectivity index (χ2v) is 7.23. The van der Waals surface area contributed by atoms with Crippen molar-refractivity contribution in [2.24, 2.45) is 5.92 Å². The van der Waals surface area contributed by atoms with Gasteiger partial charge in [0, 0.05) is 12.6 Å². The Morgan fingerprint density at radius 3 is 2.39 bits per heavy atom. The minimum absolute atomic E-state index is 0.0296. The quantitative estimate of drug-likeness (QED) is 0.293. The van der Waals surface area contributed by atoms with Crippen molar-refractivity contribution >= 4 is 5.91 Å². The van der Waals surface area contributed by atoms with Gasteiger partial charge in [-0.2, -0.15) is 0 Å². The molecule has 0 heterocycles. The minimum Gasteiger partial charge on any atom is -0.457 e. The Hall–Kier alpha value is -2.81. The zero-order valence-electron chi connectivity index (χ0n) is 16.9. The average molecular weight is 378 g/mol. The summed E-state index contributed by atoms with van der Waals surface area (Å²) in [6.07, 6.45) is 11.8. The van der Waals surface area contributed by atoms with Crippen LogP contribution in [-0.4, -0.2) is 12.5 Å². The third-order valence-electron chi connectivity index (χ3n) is 4.17. The molecule has 0 bridgehead atoms. The number of carbonyl (C=O) groups is 1. The van der Waals surface area contributed by atoms with Crippen LogP contribution < -0.4 is 10.1 Å². The summed E-state index contributed by atoms with van der Waals surface area (Å²) in [6.45, 7) is 4.87. The standard InChI is InChI=1S/C25H31NO2/c1-21(2)20-26-25(27)15-11-6-4-3-5-8-12-22-16-18-24(19-17-22)28-23-13-9-7-10-14-23/h4,6-7,9-11,13-19,21H,3,5,8,12,20H2,1-2H3,(H,26,27)/b6-4+,15-11+. The van der Waals surface area contributed by atoms with Crippen molar-refractivity contribution in [2.75, 3.05) is 6.54 Å². The highest BCUT2D eigenvalue weighted by Gasteiger charge is 1.98. The maximum Gasteiger partial charge on any atom is 0.243 e. The molecule has 0 unspecified atom stereocenters. The van der Waals surface area contributed by atoms with E-state index in [1.165, 1.54) is 5.56 Å². The molecule has 0 aliphatic rings. The highest BCUT2D eigenvalue weighted by Crippen LogP contribution is 2.21. The summed E-state index contributed by atoms with van der Waals surface area (Å²) >= 11 is 0. The third kappa shape index (κ3) is 9.22. The van der Waals surface area contributed by atoms with Crippen LogP contribution in [0, 0.1) is 5.92 Å². The van der Waals surface area contributed by atoms with Gasteiger partial charge in [-0.05, 0) is 61.4 Å². The molecule has 0 radical (unpaired) electrons. The van der Waals surface area contributed by atoms with E-state index in [9.17, 15) is 4.79 Å². The van der Waals surface area contributed by atoms with Crippen LogP contribution in [0.3, 0.4) is 0 Å². The maximum atomic E-state index is 11.5. The van der Waals surface area contributed by atoms with E-state index in [-0.39, 0.29) is 5.91 Å². The van der Waals surface area contributed by atoms with Crippen LogP contribution in [0.2, 0.25) is 0 Å². The largest absolute Gasteiger partial charge is 0.457 e. The average Bonchev–Trinajstić information content (AvgIpc) is 2.70. The van der Waals surface area contributed by atoms with Crippen LogP contribution in [0.5, 0.6) is 11.5 Å². The molecular formula is C25H31NO2. The van der Waals surface area contributed by atoms with Crippen LogP contribution in [0.25, 0.3) is 0 Å². The lowest BCUT2D eigenvalue weighted by atomic mass is 10.1. The number of nitrogens with one attached hydrogen (secondary N) is 1. The predicted molar refractivity (Wildman–Crippen MR) is 117 cm³/mol. The Labute approximate surface area is 169 Å². The molecule has 0 aromatic heterocycles. The number of hydrogen-bond donors (Lipinski definition) is 1. The molecule has 0 spiro atoms. The second-order valence-electron chi connectivity index (χ2n) is 7.23. The number of hydrogen-bond acceptors (Lipinski definition) is 2. The van der Waals surface area contributed by atoms with Gasteiger partial charge in [-0.25, -0.2) is 0 Å². The first kappa shape index (κ1) is 21.5. The normalized spacial score (nSPS) is 11.4. The molecule has 1 amide bonds.